The Hall–Kier alpha value is -4.84. The highest BCUT2D eigenvalue weighted by atomic mass is 35.5. The number of carbonyl (C=O) groups is 4. The number of ether oxygens (including phenoxy) is 1. The van der Waals surface area contributed by atoms with E-state index in [0.29, 0.717) is 55.3 Å². The van der Waals surface area contributed by atoms with Crippen molar-refractivity contribution in [2.45, 2.75) is 122 Å². The van der Waals surface area contributed by atoms with Gasteiger partial charge in [0.25, 0.3) is 0 Å². The Morgan fingerprint density at radius 1 is 1.10 bits per heavy atom. The number of nitrogens with zero attached hydrogens (tertiary/aromatic N) is 2. The van der Waals surface area contributed by atoms with E-state index in [1.54, 1.807) is 18.1 Å². The number of H-pyrrole nitrogens is 1. The molecule has 13 heteroatoms. The van der Waals surface area contributed by atoms with Crippen molar-refractivity contribution in [3.8, 4) is 5.75 Å². The molecule has 1 aliphatic carbocycles. The lowest BCUT2D eigenvalue weighted by atomic mass is 9.84. The smallest absolute Gasteiger partial charge is 0.248 e. The highest BCUT2D eigenvalue weighted by molar-refractivity contribution is 6.31. The van der Waals surface area contributed by atoms with Crippen LogP contribution >= 0.6 is 11.6 Å². The number of carbonyl (C=O) groups excluding carboxylic acids is 4. The van der Waals surface area contributed by atoms with E-state index in [0.717, 1.165) is 53.5 Å². The normalized spacial score (nSPS) is 20.6. The van der Waals surface area contributed by atoms with Crippen LogP contribution in [0.4, 0.5) is 0 Å². The summed E-state index contributed by atoms with van der Waals surface area (Å²) in [7, 11) is 1.63. The monoisotopic (exact) mass is 814 g/mol. The summed E-state index contributed by atoms with van der Waals surface area (Å²) in [5.41, 5.74) is 2.06. The van der Waals surface area contributed by atoms with Crippen LogP contribution in [0.15, 0.2) is 66.0 Å². The van der Waals surface area contributed by atoms with Gasteiger partial charge in [0, 0.05) is 65.1 Å². The van der Waals surface area contributed by atoms with Gasteiger partial charge in [0.1, 0.15) is 17.8 Å². The first kappa shape index (κ1) is 42.8. The zero-order valence-electron chi connectivity index (χ0n) is 34.5. The molecule has 1 saturated heterocycles. The molecule has 3 heterocycles. The molecule has 0 radical (unpaired) electrons. The number of amides is 4. The van der Waals surface area contributed by atoms with E-state index >= 15 is 0 Å². The summed E-state index contributed by atoms with van der Waals surface area (Å²) in [6.07, 6.45) is 9.96. The Labute approximate surface area is 346 Å². The minimum Gasteiger partial charge on any atom is -0.497 e. The zero-order chi connectivity index (χ0) is 41.6. The van der Waals surface area contributed by atoms with Crippen molar-refractivity contribution in [3.63, 3.8) is 0 Å². The second-order valence-electron chi connectivity index (χ2n) is 17.4. The average molecular weight is 815 g/mol. The van der Waals surface area contributed by atoms with Gasteiger partial charge in [-0.1, -0.05) is 88.8 Å². The lowest BCUT2D eigenvalue weighted by molar-refractivity contribution is -0.144. The van der Waals surface area contributed by atoms with E-state index in [1.165, 1.54) is 6.42 Å². The Morgan fingerprint density at radius 2 is 1.88 bits per heavy atom. The molecule has 1 saturated carbocycles. The second-order valence-corrected chi connectivity index (χ2v) is 17.8. The Kier molecular flexibility index (Phi) is 13.6. The number of benzene rings is 2. The number of aromatic nitrogens is 1. The standard InChI is InChI=1S/C45H59ClN6O6/c1-7-12-35(28(2)41(54)47-20-19-31-26-48-36-23-33(57-6)17-18-34(31)36)49-42(55)38-25-45(24-37(51-58-45)30-15-11-16-32(46)22-30)27-52(38)43(56)40(44(3,4)5)50-39(53)21-29-13-9-8-10-14-29/h11,15-18,22-23,26,29,35,38,40,48H,2,7-10,12-14,19-21,24-25,27H2,1,3-6H3,(H,47,54)(H,49,55)(H,50,53)/t35-,38-,40+,45+/m0/s1. The fraction of sp³-hybridized carbons (Fsp3) is 0.533. The average Bonchev–Trinajstić information content (AvgIpc) is 3.92. The summed E-state index contributed by atoms with van der Waals surface area (Å²) in [6.45, 7) is 12.3. The first-order valence-corrected chi connectivity index (χ1v) is 21.1. The molecule has 4 amide bonds. The topological polar surface area (TPSA) is 154 Å². The number of likely N-dealkylation sites (tertiary alicyclic amines) is 1. The number of fused-ring (bicyclic) bond motifs is 1. The predicted octanol–water partition coefficient (Wildman–Crippen LogP) is 7.00. The van der Waals surface area contributed by atoms with E-state index in [9.17, 15) is 19.2 Å². The van der Waals surface area contributed by atoms with Crippen LogP contribution in [0.25, 0.3) is 10.9 Å². The van der Waals surface area contributed by atoms with Crippen molar-refractivity contribution in [2.75, 3.05) is 20.2 Å². The second kappa shape index (κ2) is 18.4. The lowest BCUT2D eigenvalue weighted by Gasteiger charge is -2.36. The summed E-state index contributed by atoms with van der Waals surface area (Å²) >= 11 is 6.31. The van der Waals surface area contributed by atoms with Crippen molar-refractivity contribution < 1.29 is 28.8 Å². The third-order valence-electron chi connectivity index (χ3n) is 11.9. The predicted molar refractivity (Wildman–Crippen MR) is 227 cm³/mol. The van der Waals surface area contributed by atoms with Gasteiger partial charge < -0.3 is 35.4 Å². The fourth-order valence-corrected chi connectivity index (χ4v) is 8.80. The highest BCUT2D eigenvalue weighted by Gasteiger charge is 2.55. The largest absolute Gasteiger partial charge is 0.497 e. The van der Waals surface area contributed by atoms with Gasteiger partial charge in [0.05, 0.1) is 25.4 Å². The Bertz CT molecular complexity index is 2030. The lowest BCUT2D eigenvalue weighted by Crippen LogP contribution is -2.58. The van der Waals surface area contributed by atoms with E-state index in [-0.39, 0.29) is 36.3 Å². The van der Waals surface area contributed by atoms with E-state index < -0.39 is 35.0 Å². The molecular formula is C45H59ClN6O6. The maximum absolute atomic E-state index is 14.8. The van der Waals surface area contributed by atoms with Gasteiger partial charge in [-0.05, 0) is 66.8 Å². The quantitative estimate of drug-likeness (QED) is 0.121. The molecule has 0 bridgehead atoms. The fourth-order valence-electron chi connectivity index (χ4n) is 8.61. The van der Waals surface area contributed by atoms with Crippen LogP contribution in [0.3, 0.4) is 0 Å². The molecule has 58 heavy (non-hydrogen) atoms. The van der Waals surface area contributed by atoms with Crippen LogP contribution in [0.2, 0.25) is 5.02 Å². The summed E-state index contributed by atoms with van der Waals surface area (Å²) in [6, 6.07) is 10.6. The van der Waals surface area contributed by atoms with Gasteiger partial charge in [0.15, 0.2) is 5.60 Å². The number of methoxy groups -OCH3 is 1. The van der Waals surface area contributed by atoms with Gasteiger partial charge in [-0.15, -0.1) is 0 Å². The minimum absolute atomic E-state index is 0.0864. The molecule has 6 rings (SSSR count). The van der Waals surface area contributed by atoms with Crippen LogP contribution in [0.1, 0.15) is 103 Å². The Balaban J connectivity index is 1.17. The summed E-state index contributed by atoms with van der Waals surface area (Å²) in [5.74, 6) is -0.247. The molecule has 0 unspecified atom stereocenters. The van der Waals surface area contributed by atoms with Crippen molar-refractivity contribution in [3.05, 3.63) is 77.0 Å². The van der Waals surface area contributed by atoms with E-state index in [4.69, 9.17) is 21.2 Å². The maximum atomic E-state index is 14.8. The van der Waals surface area contributed by atoms with Crippen molar-refractivity contribution >= 4 is 51.8 Å². The minimum atomic E-state index is -0.980. The summed E-state index contributed by atoms with van der Waals surface area (Å²) < 4.78 is 5.33. The van der Waals surface area contributed by atoms with Gasteiger partial charge in [-0.3, -0.25) is 19.2 Å². The number of aromatic amines is 1. The van der Waals surface area contributed by atoms with Gasteiger partial charge >= 0.3 is 0 Å². The van der Waals surface area contributed by atoms with Gasteiger partial charge in [-0.2, -0.15) is 0 Å². The molecule has 2 fully saturated rings. The third kappa shape index (κ3) is 10.1. The molecule has 1 spiro atoms. The van der Waals surface area contributed by atoms with Crippen molar-refractivity contribution in [2.24, 2.45) is 16.5 Å². The van der Waals surface area contributed by atoms with Crippen molar-refractivity contribution in [1.82, 2.24) is 25.8 Å². The van der Waals surface area contributed by atoms with Crippen molar-refractivity contribution in [1.29, 1.82) is 0 Å². The summed E-state index contributed by atoms with van der Waals surface area (Å²) in [4.78, 5) is 67.3. The van der Waals surface area contributed by atoms with Crippen LogP contribution < -0.4 is 20.7 Å². The Morgan fingerprint density at radius 3 is 2.59 bits per heavy atom. The number of hydrogen-bond donors (Lipinski definition) is 4. The highest BCUT2D eigenvalue weighted by Crippen LogP contribution is 2.40. The van der Waals surface area contributed by atoms with Gasteiger partial charge in [-0.25, -0.2) is 0 Å². The molecule has 2 aromatic carbocycles. The molecule has 2 aliphatic heterocycles. The molecule has 3 aliphatic rings. The zero-order valence-corrected chi connectivity index (χ0v) is 35.3. The summed E-state index contributed by atoms with van der Waals surface area (Å²) in [5, 5.41) is 15.2. The maximum Gasteiger partial charge on any atom is 0.248 e. The number of hydrogen-bond acceptors (Lipinski definition) is 7. The SMILES string of the molecule is C=C(C(=O)NCCc1c[nH]c2cc(OC)ccc12)[C@H](CCC)NC(=O)[C@@H]1C[C@]2(CC(c3cccc(Cl)c3)=NO2)CN1C(=O)[C@@H](NC(=O)CC1CCCCC1)C(C)(C)C. The molecule has 3 aromatic rings. The van der Waals surface area contributed by atoms with Crippen LogP contribution in [-0.2, 0) is 30.4 Å². The number of nitrogens with one attached hydrogen (secondary N) is 4. The van der Waals surface area contributed by atoms with Gasteiger partial charge in [0.2, 0.25) is 23.6 Å². The van der Waals surface area contributed by atoms with Crippen LogP contribution in [0, 0.1) is 11.3 Å². The number of oxime groups is 1. The molecule has 12 nitrogen and oxygen atoms in total. The van der Waals surface area contributed by atoms with E-state index in [1.807, 2.05) is 70.3 Å². The number of rotatable bonds is 15. The molecule has 1 aromatic heterocycles. The molecule has 312 valence electrons. The molecule has 4 N–H and O–H groups in total. The number of halogens is 1. The van der Waals surface area contributed by atoms with E-state index in [2.05, 4.69) is 32.7 Å². The third-order valence-corrected chi connectivity index (χ3v) is 12.1. The first-order chi connectivity index (χ1) is 27.7. The van der Waals surface area contributed by atoms with Crippen LogP contribution in [0.5, 0.6) is 5.75 Å². The molecule has 4 atom stereocenters. The van der Waals surface area contributed by atoms with Crippen LogP contribution in [-0.4, -0.2) is 83.2 Å². The first-order valence-electron chi connectivity index (χ1n) is 20.7. The molecular weight excluding hydrogens is 756 g/mol.